The zero-order valence-electron chi connectivity index (χ0n) is 18.6. The van der Waals surface area contributed by atoms with E-state index < -0.39 is 59.9 Å². The highest BCUT2D eigenvalue weighted by molar-refractivity contribution is 7.80. The van der Waals surface area contributed by atoms with Crippen molar-refractivity contribution in [1.29, 1.82) is 0 Å². The van der Waals surface area contributed by atoms with Gasteiger partial charge in [-0.2, -0.15) is 12.6 Å². The van der Waals surface area contributed by atoms with Gasteiger partial charge in [0.15, 0.2) is 0 Å². The summed E-state index contributed by atoms with van der Waals surface area (Å²) in [4.78, 5) is 60.4. The van der Waals surface area contributed by atoms with E-state index in [0.29, 0.717) is 5.56 Å². The van der Waals surface area contributed by atoms with Gasteiger partial charge in [0.25, 0.3) is 0 Å². The average Bonchev–Trinajstić information content (AvgIpc) is 2.78. The van der Waals surface area contributed by atoms with Crippen molar-refractivity contribution in [1.82, 2.24) is 16.0 Å². The number of aliphatic hydroxyl groups excluding tert-OH is 1. The molecule has 188 valence electrons. The number of nitrogens with one attached hydrogen (secondary N) is 3. The van der Waals surface area contributed by atoms with Crippen LogP contribution in [-0.2, 0) is 30.4 Å². The van der Waals surface area contributed by atoms with Crippen molar-refractivity contribution < 1.29 is 34.2 Å². The standard InChI is InChI=1S/C21H31N5O7S/c1-11(27)17(26-18(29)13(22)10-34)20(31)25-15(9-12-5-3-2-4-6-12)19(30)24-14(21(32)33)7-8-16(23)28/h2-6,11,13-15,17,27,34H,7-10,22H2,1H3,(H2,23,28)(H,24,30)(H,25,31)(H,26,29)(H,32,33). The number of carbonyl (C=O) groups excluding carboxylic acids is 4. The molecule has 13 heteroatoms. The fourth-order valence-electron chi connectivity index (χ4n) is 2.89. The van der Waals surface area contributed by atoms with Crippen LogP contribution >= 0.6 is 12.6 Å². The lowest BCUT2D eigenvalue weighted by Crippen LogP contribution is -2.60. The van der Waals surface area contributed by atoms with Crippen LogP contribution in [0.15, 0.2) is 30.3 Å². The van der Waals surface area contributed by atoms with Gasteiger partial charge in [-0.3, -0.25) is 19.2 Å². The predicted molar refractivity (Wildman–Crippen MR) is 126 cm³/mol. The Balaban J connectivity index is 3.08. The highest BCUT2D eigenvalue weighted by atomic mass is 32.1. The zero-order chi connectivity index (χ0) is 25.8. The Hall–Kier alpha value is -3.16. The Morgan fingerprint density at radius 1 is 0.971 bits per heavy atom. The first kappa shape index (κ1) is 28.9. The van der Waals surface area contributed by atoms with Gasteiger partial charge in [-0.25, -0.2) is 4.79 Å². The van der Waals surface area contributed by atoms with E-state index in [1.54, 1.807) is 30.3 Å². The Morgan fingerprint density at radius 2 is 1.56 bits per heavy atom. The Bertz CT molecular complexity index is 868. The van der Waals surface area contributed by atoms with E-state index >= 15 is 0 Å². The average molecular weight is 498 g/mol. The summed E-state index contributed by atoms with van der Waals surface area (Å²) in [5.41, 5.74) is 11.3. The van der Waals surface area contributed by atoms with Crippen LogP contribution in [0.4, 0.5) is 0 Å². The van der Waals surface area contributed by atoms with Gasteiger partial charge >= 0.3 is 5.97 Å². The van der Waals surface area contributed by atoms with Crippen LogP contribution in [0.5, 0.6) is 0 Å². The van der Waals surface area contributed by atoms with Gasteiger partial charge in [0.05, 0.1) is 12.1 Å². The van der Waals surface area contributed by atoms with Crippen LogP contribution in [0, 0.1) is 0 Å². The number of aliphatic carboxylic acids is 1. The van der Waals surface area contributed by atoms with Gasteiger partial charge < -0.3 is 37.6 Å². The van der Waals surface area contributed by atoms with E-state index in [1.807, 2.05) is 0 Å². The highest BCUT2D eigenvalue weighted by Gasteiger charge is 2.32. The van der Waals surface area contributed by atoms with E-state index in [-0.39, 0.29) is 25.0 Å². The van der Waals surface area contributed by atoms with Crippen LogP contribution < -0.4 is 27.4 Å². The van der Waals surface area contributed by atoms with E-state index in [2.05, 4.69) is 28.6 Å². The first-order valence-electron chi connectivity index (χ1n) is 10.5. The van der Waals surface area contributed by atoms with Crippen molar-refractivity contribution in [3.63, 3.8) is 0 Å². The lowest BCUT2D eigenvalue weighted by atomic mass is 10.0. The smallest absolute Gasteiger partial charge is 0.326 e. The van der Waals surface area contributed by atoms with Crippen LogP contribution in [0.3, 0.4) is 0 Å². The molecule has 0 heterocycles. The van der Waals surface area contributed by atoms with Gasteiger partial charge in [0.1, 0.15) is 18.1 Å². The van der Waals surface area contributed by atoms with Crippen molar-refractivity contribution in [2.45, 2.75) is 56.5 Å². The maximum Gasteiger partial charge on any atom is 0.326 e. The number of amides is 4. The summed E-state index contributed by atoms with van der Waals surface area (Å²) in [6.07, 6.45) is -1.86. The molecule has 0 aromatic heterocycles. The van der Waals surface area contributed by atoms with Crippen molar-refractivity contribution >= 4 is 42.2 Å². The summed E-state index contributed by atoms with van der Waals surface area (Å²) in [7, 11) is 0. The lowest BCUT2D eigenvalue weighted by Gasteiger charge is -2.26. The fraction of sp³-hybridized carbons (Fsp3) is 0.476. The van der Waals surface area contributed by atoms with E-state index in [4.69, 9.17) is 11.5 Å². The molecule has 0 saturated carbocycles. The summed E-state index contributed by atoms with van der Waals surface area (Å²) in [6, 6.07) is 3.45. The van der Waals surface area contributed by atoms with E-state index in [0.717, 1.165) is 0 Å². The summed E-state index contributed by atoms with van der Waals surface area (Å²) in [5, 5.41) is 26.4. The molecule has 9 N–H and O–H groups in total. The minimum atomic E-state index is -1.44. The number of aliphatic hydroxyl groups is 1. The maximum absolute atomic E-state index is 12.9. The molecule has 12 nitrogen and oxygen atoms in total. The largest absolute Gasteiger partial charge is 0.480 e. The minimum absolute atomic E-state index is 0.000893. The first-order chi connectivity index (χ1) is 16.0. The quantitative estimate of drug-likeness (QED) is 0.130. The summed E-state index contributed by atoms with van der Waals surface area (Å²) < 4.78 is 0. The number of hydrogen-bond acceptors (Lipinski definition) is 8. The molecule has 0 saturated heterocycles. The van der Waals surface area contributed by atoms with Crippen LogP contribution in [-0.4, -0.2) is 75.8 Å². The number of thiol groups is 1. The Kier molecular flexibility index (Phi) is 12.0. The molecule has 0 fully saturated rings. The SMILES string of the molecule is CC(O)C(NC(=O)C(N)CS)C(=O)NC(Cc1ccccc1)C(=O)NC(CCC(N)=O)C(=O)O. The molecule has 4 amide bonds. The second-order valence-corrected chi connectivity index (χ2v) is 8.04. The molecule has 1 aromatic carbocycles. The maximum atomic E-state index is 12.9. The molecule has 0 bridgehead atoms. The van der Waals surface area contributed by atoms with Gasteiger partial charge in [0.2, 0.25) is 23.6 Å². The number of carbonyl (C=O) groups is 5. The number of hydrogen-bond donors (Lipinski definition) is 8. The molecular weight excluding hydrogens is 466 g/mol. The molecular formula is C21H31N5O7S. The summed E-state index contributed by atoms with van der Waals surface area (Å²) in [6.45, 7) is 1.27. The third-order valence-electron chi connectivity index (χ3n) is 4.81. The summed E-state index contributed by atoms with van der Waals surface area (Å²) in [5.74, 6) is -4.55. The Labute approximate surface area is 202 Å². The van der Waals surface area contributed by atoms with Gasteiger partial charge in [-0.15, -0.1) is 0 Å². The molecule has 0 aliphatic rings. The van der Waals surface area contributed by atoms with E-state index in [1.165, 1.54) is 6.92 Å². The molecule has 34 heavy (non-hydrogen) atoms. The van der Waals surface area contributed by atoms with Gasteiger partial charge in [-0.1, -0.05) is 30.3 Å². The Morgan fingerprint density at radius 3 is 2.06 bits per heavy atom. The molecule has 0 spiro atoms. The number of rotatable bonds is 14. The van der Waals surface area contributed by atoms with Gasteiger partial charge in [0, 0.05) is 18.6 Å². The molecule has 1 rings (SSSR count). The topological polar surface area (TPSA) is 214 Å². The van der Waals surface area contributed by atoms with Crippen LogP contribution in [0.1, 0.15) is 25.3 Å². The number of nitrogens with two attached hydrogens (primary N) is 2. The third kappa shape index (κ3) is 9.77. The van der Waals surface area contributed by atoms with Crippen molar-refractivity contribution in [2.75, 3.05) is 5.75 Å². The number of benzene rings is 1. The van der Waals surface area contributed by atoms with Crippen LogP contribution in [0.2, 0.25) is 0 Å². The second-order valence-electron chi connectivity index (χ2n) is 7.67. The fourth-order valence-corrected chi connectivity index (χ4v) is 3.05. The minimum Gasteiger partial charge on any atom is -0.480 e. The van der Waals surface area contributed by atoms with Crippen molar-refractivity contribution in [2.24, 2.45) is 11.5 Å². The third-order valence-corrected chi connectivity index (χ3v) is 5.20. The van der Waals surface area contributed by atoms with Crippen LogP contribution in [0.25, 0.3) is 0 Å². The van der Waals surface area contributed by atoms with Crippen molar-refractivity contribution in [3.05, 3.63) is 35.9 Å². The lowest BCUT2D eigenvalue weighted by molar-refractivity contribution is -0.142. The van der Waals surface area contributed by atoms with Crippen molar-refractivity contribution in [3.8, 4) is 0 Å². The number of carboxylic acids is 1. The monoisotopic (exact) mass is 497 g/mol. The molecule has 0 aliphatic heterocycles. The van der Waals surface area contributed by atoms with Gasteiger partial charge in [-0.05, 0) is 18.9 Å². The number of carboxylic acid groups (broad SMARTS) is 1. The molecule has 1 aromatic rings. The molecule has 0 aliphatic carbocycles. The molecule has 0 radical (unpaired) electrons. The molecule has 5 unspecified atom stereocenters. The first-order valence-corrected chi connectivity index (χ1v) is 11.1. The number of primary amides is 1. The predicted octanol–water partition coefficient (Wildman–Crippen LogP) is -2.33. The second kappa shape index (κ2) is 14.2. The molecule has 5 atom stereocenters. The normalized spacial score (nSPS) is 15.2. The highest BCUT2D eigenvalue weighted by Crippen LogP contribution is 2.07. The summed E-state index contributed by atoms with van der Waals surface area (Å²) >= 11 is 3.92. The van der Waals surface area contributed by atoms with E-state index in [9.17, 15) is 34.2 Å². The zero-order valence-corrected chi connectivity index (χ0v) is 19.5.